The number of aliphatic hydroxyl groups excluding tert-OH is 1. The molecule has 0 aliphatic rings. The SMILES string of the molecule is Cc1ccc(-n2c(=O)c3ccccc3n3c(SCC(O)COc4ccccc4)nnc23)cc1. The van der Waals surface area contributed by atoms with Gasteiger partial charge in [-0.3, -0.25) is 9.20 Å². The van der Waals surface area contributed by atoms with Crippen LogP contribution in [0.15, 0.2) is 88.8 Å². The molecule has 0 aliphatic carbocycles. The van der Waals surface area contributed by atoms with Crippen LogP contribution in [0, 0.1) is 6.92 Å². The molecule has 0 spiro atoms. The third-order valence-electron chi connectivity index (χ3n) is 5.28. The highest BCUT2D eigenvalue weighted by molar-refractivity contribution is 7.99. The molecule has 0 saturated heterocycles. The van der Waals surface area contributed by atoms with Crippen molar-refractivity contribution in [1.82, 2.24) is 19.2 Å². The van der Waals surface area contributed by atoms with Crippen molar-refractivity contribution >= 4 is 28.4 Å². The van der Waals surface area contributed by atoms with Gasteiger partial charge in [-0.25, -0.2) is 4.57 Å². The Hall–Kier alpha value is -3.62. The summed E-state index contributed by atoms with van der Waals surface area (Å²) in [5.41, 5.74) is 2.40. The molecule has 166 valence electrons. The molecule has 1 N–H and O–H groups in total. The van der Waals surface area contributed by atoms with Gasteiger partial charge in [0.15, 0.2) is 5.16 Å². The van der Waals surface area contributed by atoms with Gasteiger partial charge >= 0.3 is 0 Å². The topological polar surface area (TPSA) is 81.7 Å². The van der Waals surface area contributed by atoms with E-state index in [1.807, 2.05) is 84.1 Å². The molecule has 1 atom stereocenters. The molecule has 0 fully saturated rings. The maximum Gasteiger partial charge on any atom is 0.267 e. The molecule has 0 saturated carbocycles. The molecule has 7 nitrogen and oxygen atoms in total. The number of fused-ring (bicyclic) bond motifs is 3. The molecule has 1 unspecified atom stereocenters. The van der Waals surface area contributed by atoms with Crippen LogP contribution < -0.4 is 10.3 Å². The van der Waals surface area contributed by atoms with Gasteiger partial charge in [0.1, 0.15) is 12.4 Å². The second kappa shape index (κ2) is 9.09. The number of aliphatic hydroxyl groups is 1. The summed E-state index contributed by atoms with van der Waals surface area (Å²) in [6.45, 7) is 2.17. The third kappa shape index (κ3) is 4.22. The van der Waals surface area contributed by atoms with Crippen LogP contribution in [-0.4, -0.2) is 42.7 Å². The Bertz CT molecular complexity index is 1460. The first-order valence-corrected chi connectivity index (χ1v) is 11.5. The number of nitrogens with zero attached hydrogens (tertiary/aromatic N) is 4. The second-order valence-electron chi connectivity index (χ2n) is 7.70. The maximum atomic E-state index is 13.3. The lowest BCUT2D eigenvalue weighted by Gasteiger charge is -2.13. The van der Waals surface area contributed by atoms with E-state index >= 15 is 0 Å². The molecule has 33 heavy (non-hydrogen) atoms. The van der Waals surface area contributed by atoms with Gasteiger partial charge in [-0.2, -0.15) is 0 Å². The summed E-state index contributed by atoms with van der Waals surface area (Å²) in [6.07, 6.45) is -0.697. The first kappa shape index (κ1) is 21.2. The predicted molar refractivity (Wildman–Crippen MR) is 129 cm³/mol. The molecule has 5 aromatic rings. The van der Waals surface area contributed by atoms with E-state index < -0.39 is 6.10 Å². The van der Waals surface area contributed by atoms with Crippen LogP contribution >= 0.6 is 11.8 Å². The zero-order valence-corrected chi connectivity index (χ0v) is 18.8. The van der Waals surface area contributed by atoms with Crippen molar-refractivity contribution in [2.24, 2.45) is 0 Å². The van der Waals surface area contributed by atoms with Crippen LogP contribution in [0.3, 0.4) is 0 Å². The third-order valence-corrected chi connectivity index (χ3v) is 6.35. The average molecular weight is 459 g/mol. The number of ether oxygens (including phenoxy) is 1. The van der Waals surface area contributed by atoms with Crippen molar-refractivity contribution in [3.63, 3.8) is 0 Å². The van der Waals surface area contributed by atoms with E-state index in [-0.39, 0.29) is 12.2 Å². The molecule has 0 bridgehead atoms. The Morgan fingerprint density at radius 2 is 1.70 bits per heavy atom. The van der Waals surface area contributed by atoms with Gasteiger partial charge in [0.25, 0.3) is 5.56 Å². The van der Waals surface area contributed by atoms with Crippen LogP contribution in [-0.2, 0) is 0 Å². The first-order chi connectivity index (χ1) is 16.1. The number of benzene rings is 3. The molecule has 0 amide bonds. The Labute approximate surface area is 194 Å². The summed E-state index contributed by atoms with van der Waals surface area (Å²) < 4.78 is 9.09. The van der Waals surface area contributed by atoms with Crippen LogP contribution in [0.5, 0.6) is 5.75 Å². The number of hydrogen-bond donors (Lipinski definition) is 1. The highest BCUT2D eigenvalue weighted by atomic mass is 32.2. The second-order valence-corrected chi connectivity index (χ2v) is 8.69. The largest absolute Gasteiger partial charge is 0.491 e. The first-order valence-electron chi connectivity index (χ1n) is 10.6. The Balaban J connectivity index is 1.49. The molecule has 0 aliphatic heterocycles. The quantitative estimate of drug-likeness (QED) is 0.373. The van der Waals surface area contributed by atoms with Crippen molar-refractivity contribution in [2.75, 3.05) is 12.4 Å². The van der Waals surface area contributed by atoms with Crippen LogP contribution in [0.1, 0.15) is 5.56 Å². The number of thioether (sulfide) groups is 1. The average Bonchev–Trinajstić information content (AvgIpc) is 3.27. The summed E-state index contributed by atoms with van der Waals surface area (Å²) in [5.74, 6) is 1.51. The number of aryl methyl sites for hydroxylation is 1. The lowest BCUT2D eigenvalue weighted by molar-refractivity contribution is 0.126. The minimum Gasteiger partial charge on any atom is -0.491 e. The predicted octanol–water partition coefficient (Wildman–Crippen LogP) is 3.87. The molecule has 8 heteroatoms. The highest BCUT2D eigenvalue weighted by Crippen LogP contribution is 2.24. The van der Waals surface area contributed by atoms with Gasteiger partial charge in [-0.15, -0.1) is 10.2 Å². The van der Waals surface area contributed by atoms with E-state index in [1.165, 1.54) is 11.8 Å². The van der Waals surface area contributed by atoms with Gasteiger partial charge in [0.05, 0.1) is 22.7 Å². The summed E-state index contributed by atoms with van der Waals surface area (Å²) in [4.78, 5) is 13.3. The number of hydrogen-bond acceptors (Lipinski definition) is 6. The van der Waals surface area contributed by atoms with E-state index in [0.29, 0.717) is 27.8 Å². The summed E-state index contributed by atoms with van der Waals surface area (Å²) in [7, 11) is 0. The standard InChI is InChI=1S/C25H22N4O3S/c1-17-11-13-18(14-12-17)28-23(31)21-9-5-6-10-22(21)29-24(28)26-27-25(29)33-16-19(30)15-32-20-7-3-2-4-8-20/h2-14,19,30H,15-16H2,1H3. The van der Waals surface area contributed by atoms with E-state index in [0.717, 1.165) is 16.8 Å². The fraction of sp³-hybridized carbons (Fsp3) is 0.160. The molecule has 0 radical (unpaired) electrons. The zero-order valence-electron chi connectivity index (χ0n) is 18.0. The smallest absolute Gasteiger partial charge is 0.267 e. The van der Waals surface area contributed by atoms with E-state index in [9.17, 15) is 9.90 Å². The lowest BCUT2D eigenvalue weighted by atomic mass is 10.2. The molecule has 2 aromatic heterocycles. The fourth-order valence-corrected chi connectivity index (χ4v) is 4.47. The number of para-hydroxylation sites is 2. The lowest BCUT2D eigenvalue weighted by Crippen LogP contribution is -2.22. The van der Waals surface area contributed by atoms with Gasteiger partial charge in [-0.1, -0.05) is 59.8 Å². The summed E-state index contributed by atoms with van der Waals surface area (Å²) in [5, 5.41) is 20.3. The summed E-state index contributed by atoms with van der Waals surface area (Å²) >= 11 is 1.37. The Morgan fingerprint density at radius 1 is 0.970 bits per heavy atom. The van der Waals surface area contributed by atoms with Crippen molar-refractivity contribution in [3.8, 4) is 11.4 Å². The van der Waals surface area contributed by atoms with Gasteiger partial charge in [0.2, 0.25) is 5.78 Å². The van der Waals surface area contributed by atoms with Gasteiger partial charge in [-0.05, 0) is 43.3 Å². The highest BCUT2D eigenvalue weighted by Gasteiger charge is 2.19. The van der Waals surface area contributed by atoms with Crippen LogP contribution in [0.4, 0.5) is 0 Å². The minimum atomic E-state index is -0.697. The molecule has 2 heterocycles. The van der Waals surface area contributed by atoms with Crippen molar-refractivity contribution in [1.29, 1.82) is 0 Å². The van der Waals surface area contributed by atoms with Crippen LogP contribution in [0.25, 0.3) is 22.4 Å². The van der Waals surface area contributed by atoms with E-state index in [4.69, 9.17) is 4.74 Å². The van der Waals surface area contributed by atoms with Crippen LogP contribution in [0.2, 0.25) is 0 Å². The van der Waals surface area contributed by atoms with Crippen molar-refractivity contribution in [3.05, 3.63) is 94.8 Å². The number of rotatable bonds is 7. The molecule has 5 rings (SSSR count). The van der Waals surface area contributed by atoms with E-state index in [1.54, 1.807) is 10.6 Å². The molecular formula is C25H22N4O3S. The number of aromatic nitrogens is 4. The Kier molecular flexibility index (Phi) is 5.85. The Morgan fingerprint density at radius 3 is 2.48 bits per heavy atom. The molecule has 3 aromatic carbocycles. The minimum absolute atomic E-state index is 0.151. The van der Waals surface area contributed by atoms with E-state index in [2.05, 4.69) is 10.2 Å². The van der Waals surface area contributed by atoms with Gasteiger partial charge < -0.3 is 9.84 Å². The fourth-order valence-electron chi connectivity index (χ4n) is 3.63. The van der Waals surface area contributed by atoms with Gasteiger partial charge in [0, 0.05) is 5.75 Å². The van der Waals surface area contributed by atoms with Crippen molar-refractivity contribution < 1.29 is 9.84 Å². The normalized spacial score (nSPS) is 12.3. The zero-order chi connectivity index (χ0) is 22.8. The summed E-state index contributed by atoms with van der Waals surface area (Å²) in [6, 6.07) is 24.5. The monoisotopic (exact) mass is 458 g/mol. The van der Waals surface area contributed by atoms with Crippen molar-refractivity contribution in [2.45, 2.75) is 18.2 Å². The maximum absolute atomic E-state index is 13.3. The molecular weight excluding hydrogens is 436 g/mol.